The molecule has 0 saturated heterocycles. The largest absolute Gasteiger partial charge is 0.488 e. The zero-order valence-corrected chi connectivity index (χ0v) is 12.3. The Labute approximate surface area is 124 Å². The van der Waals surface area contributed by atoms with Gasteiger partial charge in [-0.25, -0.2) is 0 Å². The van der Waals surface area contributed by atoms with Crippen LogP contribution in [0, 0.1) is 13.8 Å². The van der Waals surface area contributed by atoms with Crippen molar-refractivity contribution in [2.75, 3.05) is 5.73 Å². The molecule has 21 heavy (non-hydrogen) atoms. The zero-order chi connectivity index (χ0) is 14.8. The molecule has 0 aliphatic rings. The summed E-state index contributed by atoms with van der Waals surface area (Å²) in [7, 11) is 0. The third kappa shape index (κ3) is 2.55. The number of pyridine rings is 1. The minimum Gasteiger partial charge on any atom is -0.488 e. The van der Waals surface area contributed by atoms with E-state index in [2.05, 4.69) is 17.1 Å². The molecule has 106 valence electrons. The van der Waals surface area contributed by atoms with Gasteiger partial charge in [-0.05, 0) is 31.5 Å². The minimum absolute atomic E-state index is 0.486. The predicted octanol–water partition coefficient (Wildman–Crippen LogP) is 4.01. The number of aryl methyl sites for hydroxylation is 1. The van der Waals surface area contributed by atoms with Crippen LogP contribution in [-0.2, 0) is 6.61 Å². The van der Waals surface area contributed by atoms with Crippen LogP contribution in [-0.4, -0.2) is 4.98 Å². The molecular weight excluding hydrogens is 260 g/mol. The smallest absolute Gasteiger partial charge is 0.127 e. The molecule has 0 unspecified atom stereocenters. The molecule has 0 amide bonds. The second-order valence-corrected chi connectivity index (χ2v) is 5.21. The number of fused-ring (bicyclic) bond motifs is 1. The standard InChI is InChI=1S/C18H18N2O/c1-12-8-9-16(19)13(2)18(12)21-11-15-6-3-5-14-7-4-10-20-17(14)15/h3-10H,11,19H2,1-2H3. The summed E-state index contributed by atoms with van der Waals surface area (Å²) >= 11 is 0. The highest BCUT2D eigenvalue weighted by molar-refractivity contribution is 5.81. The summed E-state index contributed by atoms with van der Waals surface area (Å²) < 4.78 is 6.02. The van der Waals surface area contributed by atoms with Crippen LogP contribution in [0.4, 0.5) is 5.69 Å². The summed E-state index contributed by atoms with van der Waals surface area (Å²) in [6, 6.07) is 14.0. The first-order valence-corrected chi connectivity index (χ1v) is 6.98. The second-order valence-electron chi connectivity index (χ2n) is 5.21. The Morgan fingerprint density at radius 3 is 2.71 bits per heavy atom. The number of ether oxygens (including phenoxy) is 1. The van der Waals surface area contributed by atoms with Crippen LogP contribution >= 0.6 is 0 Å². The average molecular weight is 278 g/mol. The van der Waals surface area contributed by atoms with Gasteiger partial charge in [-0.2, -0.15) is 0 Å². The zero-order valence-electron chi connectivity index (χ0n) is 12.3. The maximum absolute atomic E-state index is 6.02. The van der Waals surface area contributed by atoms with Gasteiger partial charge in [0.2, 0.25) is 0 Å². The number of nitrogens with two attached hydrogens (primary N) is 1. The molecule has 0 saturated carbocycles. The molecule has 1 aromatic heterocycles. The monoisotopic (exact) mass is 278 g/mol. The van der Waals surface area contributed by atoms with Crippen molar-refractivity contribution in [3.8, 4) is 5.75 Å². The SMILES string of the molecule is Cc1ccc(N)c(C)c1OCc1cccc2cccnc12. The highest BCUT2D eigenvalue weighted by Gasteiger charge is 2.08. The summed E-state index contributed by atoms with van der Waals surface area (Å²) in [6.45, 7) is 4.50. The number of nitrogen functional groups attached to an aromatic ring is 1. The first-order valence-electron chi connectivity index (χ1n) is 6.98. The third-order valence-corrected chi connectivity index (χ3v) is 3.73. The van der Waals surface area contributed by atoms with E-state index in [1.807, 2.05) is 50.4 Å². The highest BCUT2D eigenvalue weighted by atomic mass is 16.5. The van der Waals surface area contributed by atoms with Gasteiger partial charge in [0, 0.05) is 28.4 Å². The molecule has 0 fully saturated rings. The summed E-state index contributed by atoms with van der Waals surface area (Å²) in [5, 5.41) is 1.12. The Bertz CT molecular complexity index is 791. The number of nitrogens with zero attached hydrogens (tertiary/aromatic N) is 1. The Kier molecular flexibility index (Phi) is 3.48. The van der Waals surface area contributed by atoms with Crippen LogP contribution in [0.5, 0.6) is 5.75 Å². The lowest BCUT2D eigenvalue weighted by Gasteiger charge is -2.14. The van der Waals surface area contributed by atoms with Crippen LogP contribution in [0.3, 0.4) is 0 Å². The number of hydrogen-bond acceptors (Lipinski definition) is 3. The van der Waals surface area contributed by atoms with Crippen molar-refractivity contribution in [3.63, 3.8) is 0 Å². The van der Waals surface area contributed by atoms with E-state index in [1.165, 1.54) is 0 Å². The second kappa shape index (κ2) is 5.44. The first-order chi connectivity index (χ1) is 10.2. The van der Waals surface area contributed by atoms with Crippen molar-refractivity contribution in [1.29, 1.82) is 0 Å². The summed E-state index contributed by atoms with van der Waals surface area (Å²) in [5.74, 6) is 0.864. The molecule has 0 radical (unpaired) electrons. The fourth-order valence-corrected chi connectivity index (χ4v) is 2.50. The molecule has 3 rings (SSSR count). The molecule has 2 aromatic carbocycles. The van der Waals surface area contributed by atoms with Crippen molar-refractivity contribution >= 4 is 16.6 Å². The fraction of sp³-hybridized carbons (Fsp3) is 0.167. The van der Waals surface area contributed by atoms with Crippen molar-refractivity contribution in [1.82, 2.24) is 4.98 Å². The summed E-state index contributed by atoms with van der Waals surface area (Å²) in [6.07, 6.45) is 1.81. The van der Waals surface area contributed by atoms with E-state index in [9.17, 15) is 0 Å². The van der Waals surface area contributed by atoms with Gasteiger partial charge in [0.05, 0.1) is 5.52 Å². The van der Waals surface area contributed by atoms with Gasteiger partial charge in [0.25, 0.3) is 0 Å². The number of benzene rings is 2. The molecule has 0 aliphatic carbocycles. The van der Waals surface area contributed by atoms with E-state index in [4.69, 9.17) is 10.5 Å². The maximum atomic E-state index is 6.02. The number of para-hydroxylation sites is 1. The highest BCUT2D eigenvalue weighted by Crippen LogP contribution is 2.29. The molecule has 3 nitrogen and oxygen atoms in total. The van der Waals surface area contributed by atoms with E-state index < -0.39 is 0 Å². The lowest BCUT2D eigenvalue weighted by atomic mass is 10.1. The van der Waals surface area contributed by atoms with Gasteiger partial charge in [-0.15, -0.1) is 0 Å². The van der Waals surface area contributed by atoms with Gasteiger partial charge in [0.1, 0.15) is 12.4 Å². The number of hydrogen-bond donors (Lipinski definition) is 1. The Morgan fingerprint density at radius 2 is 1.86 bits per heavy atom. The van der Waals surface area contributed by atoms with E-state index in [0.29, 0.717) is 6.61 Å². The number of aromatic nitrogens is 1. The molecule has 0 bridgehead atoms. The number of anilines is 1. The van der Waals surface area contributed by atoms with E-state index in [0.717, 1.165) is 39.0 Å². The molecule has 0 aliphatic heterocycles. The normalized spacial score (nSPS) is 10.8. The van der Waals surface area contributed by atoms with Crippen LogP contribution in [0.2, 0.25) is 0 Å². The number of rotatable bonds is 3. The van der Waals surface area contributed by atoms with Crippen LogP contribution < -0.4 is 10.5 Å². The van der Waals surface area contributed by atoms with Gasteiger partial charge in [0.15, 0.2) is 0 Å². The Morgan fingerprint density at radius 1 is 1.05 bits per heavy atom. The third-order valence-electron chi connectivity index (χ3n) is 3.73. The maximum Gasteiger partial charge on any atom is 0.127 e. The quantitative estimate of drug-likeness (QED) is 0.736. The molecule has 0 spiro atoms. The molecule has 3 heteroatoms. The van der Waals surface area contributed by atoms with Crippen LogP contribution in [0.15, 0.2) is 48.7 Å². The van der Waals surface area contributed by atoms with E-state index >= 15 is 0 Å². The van der Waals surface area contributed by atoms with Crippen molar-refractivity contribution in [2.24, 2.45) is 0 Å². The molecule has 2 N–H and O–H groups in total. The van der Waals surface area contributed by atoms with Crippen molar-refractivity contribution in [2.45, 2.75) is 20.5 Å². The first kappa shape index (κ1) is 13.4. The van der Waals surface area contributed by atoms with Crippen molar-refractivity contribution in [3.05, 3.63) is 65.4 Å². The van der Waals surface area contributed by atoms with Crippen molar-refractivity contribution < 1.29 is 4.74 Å². The van der Waals surface area contributed by atoms with Gasteiger partial charge in [-0.3, -0.25) is 4.98 Å². The molecule has 0 atom stereocenters. The summed E-state index contributed by atoms with van der Waals surface area (Å²) in [4.78, 5) is 4.45. The Hall–Kier alpha value is -2.55. The minimum atomic E-state index is 0.486. The van der Waals surface area contributed by atoms with Gasteiger partial charge >= 0.3 is 0 Å². The fourth-order valence-electron chi connectivity index (χ4n) is 2.50. The van der Waals surface area contributed by atoms with Crippen LogP contribution in [0.1, 0.15) is 16.7 Å². The van der Waals surface area contributed by atoms with Gasteiger partial charge in [-0.1, -0.05) is 30.3 Å². The lowest BCUT2D eigenvalue weighted by molar-refractivity contribution is 0.303. The molecule has 1 heterocycles. The molecule has 3 aromatic rings. The van der Waals surface area contributed by atoms with Crippen LogP contribution in [0.25, 0.3) is 10.9 Å². The Balaban J connectivity index is 1.93. The predicted molar refractivity (Wildman–Crippen MR) is 86.4 cm³/mol. The lowest BCUT2D eigenvalue weighted by Crippen LogP contribution is -2.02. The summed E-state index contributed by atoms with van der Waals surface area (Å²) in [5.41, 5.74) is 10.9. The van der Waals surface area contributed by atoms with E-state index in [-0.39, 0.29) is 0 Å². The van der Waals surface area contributed by atoms with Gasteiger partial charge < -0.3 is 10.5 Å². The molecular formula is C18H18N2O. The topological polar surface area (TPSA) is 48.1 Å². The van der Waals surface area contributed by atoms with E-state index in [1.54, 1.807) is 0 Å². The average Bonchev–Trinajstić information content (AvgIpc) is 2.51.